The molecule has 0 bridgehead atoms. The Morgan fingerprint density at radius 1 is 1.32 bits per heavy atom. The predicted octanol–water partition coefficient (Wildman–Crippen LogP) is 3.60. The van der Waals surface area contributed by atoms with E-state index in [1.807, 2.05) is 0 Å². The highest BCUT2D eigenvalue weighted by Crippen LogP contribution is 2.38. The molecule has 1 aromatic carbocycles. The highest BCUT2D eigenvalue weighted by Gasteiger charge is 2.27. The molecule has 1 atom stereocenters. The molecule has 5 heteroatoms. The molecule has 0 amide bonds. The number of allylic oxidation sites excluding steroid dienone is 4. The van der Waals surface area contributed by atoms with Gasteiger partial charge in [-0.3, -0.25) is 4.79 Å². The van der Waals surface area contributed by atoms with E-state index in [0.717, 1.165) is 17.4 Å². The van der Waals surface area contributed by atoms with Crippen LogP contribution in [0.5, 0.6) is 0 Å². The maximum Gasteiger partial charge on any atom is 0.147 e. The zero-order valence-electron chi connectivity index (χ0n) is 9.90. The van der Waals surface area contributed by atoms with Crippen molar-refractivity contribution in [3.05, 3.63) is 57.1 Å². The molecule has 98 valence electrons. The SMILES string of the molecule is NCc1c(Cl)ccc(Cl)c1C1C(=S)C=CC=C1C=O. The number of carbonyl (C=O) groups is 1. The Balaban J connectivity index is 2.67. The van der Waals surface area contributed by atoms with Crippen LogP contribution in [-0.2, 0) is 11.3 Å². The van der Waals surface area contributed by atoms with Gasteiger partial charge in [-0.2, -0.15) is 0 Å². The molecule has 2 nitrogen and oxygen atoms in total. The van der Waals surface area contributed by atoms with Crippen molar-refractivity contribution >= 4 is 46.6 Å². The predicted molar refractivity (Wildman–Crippen MR) is 83.0 cm³/mol. The number of nitrogens with two attached hydrogens (primary N) is 1. The fourth-order valence-electron chi connectivity index (χ4n) is 2.16. The molecule has 0 fully saturated rings. The van der Waals surface area contributed by atoms with Crippen molar-refractivity contribution in [2.75, 3.05) is 0 Å². The maximum atomic E-state index is 11.2. The van der Waals surface area contributed by atoms with Gasteiger partial charge in [-0.25, -0.2) is 0 Å². The van der Waals surface area contributed by atoms with E-state index in [9.17, 15) is 4.79 Å². The van der Waals surface area contributed by atoms with Gasteiger partial charge in [0.05, 0.1) is 0 Å². The first-order valence-electron chi connectivity index (χ1n) is 5.64. The molecular weight excluding hydrogens is 301 g/mol. The van der Waals surface area contributed by atoms with Crippen LogP contribution in [0.4, 0.5) is 0 Å². The van der Waals surface area contributed by atoms with Crippen molar-refractivity contribution in [1.29, 1.82) is 0 Å². The van der Waals surface area contributed by atoms with Gasteiger partial charge in [0.25, 0.3) is 0 Å². The van der Waals surface area contributed by atoms with Gasteiger partial charge < -0.3 is 5.73 Å². The fraction of sp³-hybridized carbons (Fsp3) is 0.143. The number of thiocarbonyl (C=S) groups is 1. The summed E-state index contributed by atoms with van der Waals surface area (Å²) >= 11 is 17.7. The average Bonchev–Trinajstić information content (AvgIpc) is 2.41. The lowest BCUT2D eigenvalue weighted by Gasteiger charge is -2.23. The second kappa shape index (κ2) is 5.97. The second-order valence-corrected chi connectivity index (χ2v) is 5.39. The van der Waals surface area contributed by atoms with Crippen LogP contribution in [0.3, 0.4) is 0 Å². The molecule has 0 radical (unpaired) electrons. The van der Waals surface area contributed by atoms with Gasteiger partial charge in [0.2, 0.25) is 0 Å². The smallest absolute Gasteiger partial charge is 0.147 e. The number of carbonyl (C=O) groups excluding carboxylic acids is 1. The molecule has 19 heavy (non-hydrogen) atoms. The molecular formula is C14H11Cl2NOS. The van der Waals surface area contributed by atoms with Gasteiger partial charge in [-0.05, 0) is 29.3 Å². The summed E-state index contributed by atoms with van der Waals surface area (Å²) in [4.78, 5) is 11.8. The summed E-state index contributed by atoms with van der Waals surface area (Å²) in [5, 5.41) is 1.05. The van der Waals surface area contributed by atoms with Crippen LogP contribution in [-0.4, -0.2) is 11.2 Å². The van der Waals surface area contributed by atoms with E-state index in [2.05, 4.69) is 0 Å². The number of hydrogen-bond donors (Lipinski definition) is 1. The minimum Gasteiger partial charge on any atom is -0.326 e. The zero-order chi connectivity index (χ0) is 14.0. The number of aldehydes is 1. The summed E-state index contributed by atoms with van der Waals surface area (Å²) in [5.74, 6) is -0.359. The molecule has 0 heterocycles. The standard InChI is InChI=1S/C14H11Cl2NOS/c15-10-4-5-11(16)14(9(10)6-17)13-8(7-18)2-1-3-12(13)19/h1-5,7,13H,6,17H2. The maximum absolute atomic E-state index is 11.2. The Morgan fingerprint density at radius 2 is 2.00 bits per heavy atom. The van der Waals surface area contributed by atoms with Gasteiger partial charge in [0, 0.05) is 32.9 Å². The van der Waals surface area contributed by atoms with E-state index < -0.39 is 0 Å². The molecule has 0 saturated carbocycles. The van der Waals surface area contributed by atoms with Crippen molar-refractivity contribution in [1.82, 2.24) is 0 Å². The summed E-state index contributed by atoms with van der Waals surface area (Å²) in [6.07, 6.45) is 6.05. The molecule has 0 aromatic heterocycles. The Hall–Kier alpha value is -1.00. The third-order valence-electron chi connectivity index (χ3n) is 3.04. The Morgan fingerprint density at radius 3 is 2.63 bits per heavy atom. The number of rotatable bonds is 3. The number of benzene rings is 1. The molecule has 0 saturated heterocycles. The summed E-state index contributed by atoms with van der Waals surface area (Å²) in [7, 11) is 0. The van der Waals surface area contributed by atoms with Crippen LogP contribution in [0.1, 0.15) is 17.0 Å². The van der Waals surface area contributed by atoms with E-state index >= 15 is 0 Å². The van der Waals surface area contributed by atoms with Gasteiger partial charge >= 0.3 is 0 Å². The lowest BCUT2D eigenvalue weighted by atomic mass is 9.83. The molecule has 1 unspecified atom stereocenters. The quantitative estimate of drug-likeness (QED) is 0.685. The molecule has 0 spiro atoms. The van der Waals surface area contributed by atoms with Crippen LogP contribution in [0.25, 0.3) is 0 Å². The Bertz CT molecular complexity index is 608. The first-order chi connectivity index (χ1) is 9.10. The summed E-state index contributed by atoms with van der Waals surface area (Å²) in [6, 6.07) is 3.39. The zero-order valence-corrected chi connectivity index (χ0v) is 12.2. The first-order valence-corrected chi connectivity index (χ1v) is 6.80. The molecule has 1 aliphatic carbocycles. The van der Waals surface area contributed by atoms with Gasteiger partial charge in [-0.1, -0.05) is 47.6 Å². The topological polar surface area (TPSA) is 43.1 Å². The van der Waals surface area contributed by atoms with Crippen LogP contribution in [0.2, 0.25) is 10.0 Å². The third-order valence-corrected chi connectivity index (χ3v) is 4.10. The van der Waals surface area contributed by atoms with Gasteiger partial charge in [0.1, 0.15) is 6.29 Å². The molecule has 1 aromatic rings. The van der Waals surface area contributed by atoms with E-state index in [1.54, 1.807) is 30.4 Å². The fourth-order valence-corrected chi connectivity index (χ4v) is 3.02. The molecule has 1 aliphatic rings. The van der Waals surface area contributed by atoms with Crippen molar-refractivity contribution in [2.45, 2.75) is 12.5 Å². The molecule has 2 rings (SSSR count). The van der Waals surface area contributed by atoms with E-state index in [4.69, 9.17) is 41.2 Å². The molecule has 0 aliphatic heterocycles. The van der Waals surface area contributed by atoms with Crippen LogP contribution in [0.15, 0.2) is 35.9 Å². The van der Waals surface area contributed by atoms with Crippen LogP contribution in [0, 0.1) is 0 Å². The monoisotopic (exact) mass is 311 g/mol. The largest absolute Gasteiger partial charge is 0.326 e. The average molecular weight is 312 g/mol. The minimum absolute atomic E-state index is 0.240. The van der Waals surface area contributed by atoms with Gasteiger partial charge in [0.15, 0.2) is 0 Å². The minimum atomic E-state index is -0.359. The third kappa shape index (κ3) is 2.65. The highest BCUT2D eigenvalue weighted by atomic mass is 35.5. The normalized spacial score (nSPS) is 18.4. The van der Waals surface area contributed by atoms with Crippen molar-refractivity contribution in [3.8, 4) is 0 Å². The summed E-state index contributed by atoms with van der Waals surface area (Å²) < 4.78 is 0. The number of hydrogen-bond acceptors (Lipinski definition) is 3. The van der Waals surface area contributed by atoms with Crippen molar-refractivity contribution in [2.24, 2.45) is 5.73 Å². The summed E-state index contributed by atoms with van der Waals surface area (Å²) in [5.41, 5.74) is 7.76. The Labute approximate surface area is 126 Å². The highest BCUT2D eigenvalue weighted by molar-refractivity contribution is 7.80. The number of halogens is 2. The lowest BCUT2D eigenvalue weighted by molar-refractivity contribution is -0.105. The van der Waals surface area contributed by atoms with Crippen molar-refractivity contribution in [3.63, 3.8) is 0 Å². The van der Waals surface area contributed by atoms with Gasteiger partial charge in [-0.15, -0.1) is 0 Å². The van der Waals surface area contributed by atoms with E-state index in [1.165, 1.54) is 0 Å². The Kier molecular flexibility index (Phi) is 4.53. The summed E-state index contributed by atoms with van der Waals surface area (Å²) in [6.45, 7) is 0.240. The van der Waals surface area contributed by atoms with E-state index in [0.29, 0.717) is 20.5 Å². The molecule has 2 N–H and O–H groups in total. The van der Waals surface area contributed by atoms with Crippen molar-refractivity contribution < 1.29 is 4.79 Å². The second-order valence-electron chi connectivity index (χ2n) is 4.10. The van der Waals surface area contributed by atoms with Crippen LogP contribution >= 0.6 is 35.4 Å². The van der Waals surface area contributed by atoms with E-state index in [-0.39, 0.29) is 12.5 Å². The lowest BCUT2D eigenvalue weighted by Crippen LogP contribution is -2.18. The van der Waals surface area contributed by atoms with Crippen LogP contribution < -0.4 is 5.73 Å². The first kappa shape index (κ1) is 14.4.